The molecule has 2 aliphatic carbocycles. The number of hydrogen-bond donors (Lipinski definition) is 1. The van der Waals surface area contributed by atoms with Gasteiger partial charge < -0.3 is 10.3 Å². The lowest BCUT2D eigenvalue weighted by molar-refractivity contribution is 0.424. The molecule has 3 rings (SSSR count). The number of anilines is 1. The van der Waals surface area contributed by atoms with Crippen LogP contribution in [0.2, 0.25) is 0 Å². The number of nitrogens with two attached hydrogens (primary N) is 1. The van der Waals surface area contributed by atoms with Gasteiger partial charge in [-0.3, -0.25) is 0 Å². The Labute approximate surface area is 77.3 Å². The maximum atomic E-state index is 5.63. The summed E-state index contributed by atoms with van der Waals surface area (Å²) in [6, 6.07) is 0. The molecule has 2 aliphatic rings. The molecule has 0 amide bonds. The predicted molar refractivity (Wildman–Crippen MR) is 49.2 cm³/mol. The van der Waals surface area contributed by atoms with Crippen LogP contribution in [-0.4, -0.2) is 5.16 Å². The van der Waals surface area contributed by atoms with E-state index in [4.69, 9.17) is 10.3 Å². The van der Waals surface area contributed by atoms with Gasteiger partial charge >= 0.3 is 0 Å². The molecule has 0 bridgehead atoms. The average Bonchev–Trinajstić information content (AvgIpc) is 2.49. The Kier molecular flexibility index (Phi) is 1.30. The topological polar surface area (TPSA) is 52.0 Å². The van der Waals surface area contributed by atoms with E-state index < -0.39 is 0 Å². The van der Waals surface area contributed by atoms with Crippen molar-refractivity contribution in [2.45, 2.75) is 32.1 Å². The van der Waals surface area contributed by atoms with Crippen molar-refractivity contribution >= 4 is 5.88 Å². The van der Waals surface area contributed by atoms with Crippen LogP contribution in [0.15, 0.2) is 4.52 Å². The van der Waals surface area contributed by atoms with Crippen molar-refractivity contribution in [2.75, 3.05) is 5.73 Å². The summed E-state index contributed by atoms with van der Waals surface area (Å²) in [7, 11) is 0. The van der Waals surface area contributed by atoms with E-state index in [2.05, 4.69) is 5.16 Å². The lowest BCUT2D eigenvalue weighted by Gasteiger charge is -1.98. The van der Waals surface area contributed by atoms with Gasteiger partial charge in [0.2, 0.25) is 5.88 Å². The third kappa shape index (κ3) is 0.872. The molecular weight excluding hydrogens is 164 g/mol. The van der Waals surface area contributed by atoms with Gasteiger partial charge in [0.05, 0.1) is 5.69 Å². The van der Waals surface area contributed by atoms with Gasteiger partial charge in [-0.15, -0.1) is 0 Å². The Hall–Kier alpha value is -0.990. The highest BCUT2D eigenvalue weighted by molar-refractivity contribution is 5.42. The molecule has 1 aromatic heterocycles. The Morgan fingerprint density at radius 3 is 2.62 bits per heavy atom. The first-order valence-corrected chi connectivity index (χ1v) is 5.00. The molecule has 3 heteroatoms. The van der Waals surface area contributed by atoms with Gasteiger partial charge in [-0.05, 0) is 31.6 Å². The van der Waals surface area contributed by atoms with Crippen molar-refractivity contribution < 1.29 is 4.52 Å². The Balaban J connectivity index is 1.91. The quantitative estimate of drug-likeness (QED) is 0.716. The molecule has 0 aliphatic heterocycles. The lowest BCUT2D eigenvalue weighted by Crippen LogP contribution is -1.91. The van der Waals surface area contributed by atoms with Gasteiger partial charge in [0.25, 0.3) is 0 Å². The number of hydrogen-bond acceptors (Lipinski definition) is 3. The fourth-order valence-electron chi connectivity index (χ4n) is 2.90. The first kappa shape index (κ1) is 7.42. The van der Waals surface area contributed by atoms with Crippen LogP contribution >= 0.6 is 0 Å². The van der Waals surface area contributed by atoms with Crippen molar-refractivity contribution in [1.82, 2.24) is 5.16 Å². The smallest absolute Gasteiger partial charge is 0.225 e. The van der Waals surface area contributed by atoms with Gasteiger partial charge in [0.1, 0.15) is 0 Å². The minimum Gasteiger partial charge on any atom is -0.367 e. The Morgan fingerprint density at radius 2 is 2.08 bits per heavy atom. The van der Waals surface area contributed by atoms with Crippen LogP contribution < -0.4 is 5.73 Å². The highest BCUT2D eigenvalue weighted by Crippen LogP contribution is 2.63. The summed E-state index contributed by atoms with van der Waals surface area (Å²) in [5.74, 6) is 2.96. The molecule has 0 saturated heterocycles. The minimum atomic E-state index is 0.500. The fraction of sp³-hybridized carbons (Fsp3) is 0.700. The zero-order valence-electron chi connectivity index (χ0n) is 7.79. The van der Waals surface area contributed by atoms with E-state index in [0.29, 0.717) is 11.8 Å². The number of nitrogens with zero attached hydrogens (tertiary/aromatic N) is 1. The lowest BCUT2D eigenvalue weighted by atomic mass is 10.1. The van der Waals surface area contributed by atoms with E-state index in [0.717, 1.165) is 23.1 Å². The van der Waals surface area contributed by atoms with Crippen LogP contribution in [-0.2, 0) is 0 Å². The van der Waals surface area contributed by atoms with E-state index in [1.807, 2.05) is 6.92 Å². The molecule has 0 spiro atoms. The second-order valence-corrected chi connectivity index (χ2v) is 4.34. The van der Waals surface area contributed by atoms with Crippen LogP contribution in [0.4, 0.5) is 5.88 Å². The summed E-state index contributed by atoms with van der Waals surface area (Å²) >= 11 is 0. The van der Waals surface area contributed by atoms with Crippen molar-refractivity contribution in [1.29, 1.82) is 0 Å². The van der Waals surface area contributed by atoms with E-state index in [-0.39, 0.29) is 0 Å². The van der Waals surface area contributed by atoms with Gasteiger partial charge in [-0.2, -0.15) is 0 Å². The molecule has 0 aromatic carbocycles. The largest absolute Gasteiger partial charge is 0.367 e. The highest BCUT2D eigenvalue weighted by Gasteiger charge is 2.55. The maximum Gasteiger partial charge on any atom is 0.225 e. The van der Waals surface area contributed by atoms with Gasteiger partial charge in [0.15, 0.2) is 0 Å². The van der Waals surface area contributed by atoms with Crippen LogP contribution in [0.5, 0.6) is 0 Å². The van der Waals surface area contributed by atoms with E-state index >= 15 is 0 Å². The zero-order chi connectivity index (χ0) is 9.00. The molecule has 2 fully saturated rings. The normalized spacial score (nSPS) is 36.2. The first-order valence-electron chi connectivity index (χ1n) is 5.00. The zero-order valence-corrected chi connectivity index (χ0v) is 7.79. The second kappa shape index (κ2) is 2.28. The van der Waals surface area contributed by atoms with Crippen molar-refractivity contribution in [3.05, 3.63) is 11.3 Å². The second-order valence-electron chi connectivity index (χ2n) is 4.34. The molecule has 0 radical (unpaired) electrons. The molecule has 1 heterocycles. The molecule has 2 unspecified atom stereocenters. The SMILES string of the molecule is Cc1c(C2C3CCCC32)noc1N. The van der Waals surface area contributed by atoms with Gasteiger partial charge in [-0.1, -0.05) is 11.6 Å². The Morgan fingerprint density at radius 1 is 1.38 bits per heavy atom. The predicted octanol–water partition coefficient (Wildman–Crippen LogP) is 2.08. The summed E-state index contributed by atoms with van der Waals surface area (Å²) in [5, 5.41) is 4.06. The van der Waals surface area contributed by atoms with Crippen molar-refractivity contribution in [3.8, 4) is 0 Å². The number of aromatic nitrogens is 1. The number of fused-ring (bicyclic) bond motifs is 1. The van der Waals surface area contributed by atoms with Crippen molar-refractivity contribution in [2.24, 2.45) is 11.8 Å². The van der Waals surface area contributed by atoms with E-state index in [1.165, 1.54) is 19.3 Å². The first-order chi connectivity index (χ1) is 6.29. The van der Waals surface area contributed by atoms with Crippen LogP contribution in [0.1, 0.15) is 36.4 Å². The van der Waals surface area contributed by atoms with Crippen LogP contribution in [0.25, 0.3) is 0 Å². The molecule has 13 heavy (non-hydrogen) atoms. The van der Waals surface area contributed by atoms with Crippen LogP contribution in [0, 0.1) is 18.8 Å². The summed E-state index contributed by atoms with van der Waals surface area (Å²) in [6.45, 7) is 2.01. The van der Waals surface area contributed by atoms with Gasteiger partial charge in [-0.25, -0.2) is 0 Å². The molecule has 2 atom stereocenters. The monoisotopic (exact) mass is 178 g/mol. The molecule has 2 N–H and O–H groups in total. The molecular formula is C10H14N2O. The molecule has 3 nitrogen and oxygen atoms in total. The summed E-state index contributed by atoms with van der Waals surface area (Å²) in [4.78, 5) is 0. The Bertz CT molecular complexity index is 335. The summed E-state index contributed by atoms with van der Waals surface area (Å²) < 4.78 is 4.99. The number of nitrogen functional groups attached to an aromatic ring is 1. The maximum absolute atomic E-state index is 5.63. The summed E-state index contributed by atoms with van der Waals surface area (Å²) in [6.07, 6.45) is 4.15. The molecule has 70 valence electrons. The molecule has 1 aromatic rings. The van der Waals surface area contributed by atoms with Crippen molar-refractivity contribution in [3.63, 3.8) is 0 Å². The fourth-order valence-corrected chi connectivity index (χ4v) is 2.90. The highest BCUT2D eigenvalue weighted by atomic mass is 16.5. The van der Waals surface area contributed by atoms with Gasteiger partial charge in [0, 0.05) is 11.5 Å². The van der Waals surface area contributed by atoms with E-state index in [1.54, 1.807) is 0 Å². The third-order valence-electron chi connectivity index (χ3n) is 3.72. The number of rotatable bonds is 1. The standard InChI is InChI=1S/C10H14N2O/c1-5-9(12-13-10(5)11)8-6-3-2-4-7(6)8/h6-8H,2-4,11H2,1H3. The average molecular weight is 178 g/mol. The minimum absolute atomic E-state index is 0.500. The third-order valence-corrected chi connectivity index (χ3v) is 3.72. The van der Waals surface area contributed by atoms with Crippen LogP contribution in [0.3, 0.4) is 0 Å². The van der Waals surface area contributed by atoms with E-state index in [9.17, 15) is 0 Å². The summed E-state index contributed by atoms with van der Waals surface area (Å²) in [5.41, 5.74) is 7.83. The molecule has 2 saturated carbocycles.